The quantitative estimate of drug-likeness (QED) is 0.498. The average Bonchev–Trinajstić information content (AvgIpc) is 2.38. The van der Waals surface area contributed by atoms with Crippen molar-refractivity contribution in [1.29, 1.82) is 0 Å². The number of ether oxygens (including phenoxy) is 2. The van der Waals surface area contributed by atoms with Gasteiger partial charge in [-0.25, -0.2) is 4.79 Å². The van der Waals surface area contributed by atoms with Crippen molar-refractivity contribution < 1.29 is 14.3 Å². The SMILES string of the molecule is CCCC(CC(C)C)OC(=O)C(Cl)(Cl)Oc1ccccc1. The minimum Gasteiger partial charge on any atom is -0.457 e. The summed E-state index contributed by atoms with van der Waals surface area (Å²) in [7, 11) is 0. The van der Waals surface area contributed by atoms with Crippen LogP contribution in [0.5, 0.6) is 5.75 Å². The van der Waals surface area contributed by atoms with Crippen molar-refractivity contribution in [2.75, 3.05) is 0 Å². The molecule has 0 aromatic heterocycles. The van der Waals surface area contributed by atoms with E-state index in [0.717, 1.165) is 19.3 Å². The molecule has 0 aliphatic carbocycles. The van der Waals surface area contributed by atoms with Crippen LogP contribution in [0.4, 0.5) is 0 Å². The highest BCUT2D eigenvalue weighted by atomic mass is 35.5. The summed E-state index contributed by atoms with van der Waals surface area (Å²) in [5, 5.41) is 0. The molecule has 0 N–H and O–H groups in total. The molecule has 0 spiro atoms. The first kappa shape index (κ1) is 18.1. The summed E-state index contributed by atoms with van der Waals surface area (Å²) in [5.74, 6) is 0.0635. The normalized spacial score (nSPS) is 13.0. The van der Waals surface area contributed by atoms with Crippen LogP contribution in [0.25, 0.3) is 0 Å². The van der Waals surface area contributed by atoms with Crippen LogP contribution in [0, 0.1) is 5.92 Å². The summed E-state index contributed by atoms with van der Waals surface area (Å²) in [6, 6.07) is 8.70. The molecule has 1 aromatic rings. The zero-order valence-corrected chi connectivity index (χ0v) is 14.2. The lowest BCUT2D eigenvalue weighted by molar-refractivity contribution is -0.157. The Morgan fingerprint density at radius 2 is 1.86 bits per heavy atom. The van der Waals surface area contributed by atoms with Crippen molar-refractivity contribution in [3.05, 3.63) is 30.3 Å². The molecular weight excluding hydrogens is 311 g/mol. The third-order valence-electron chi connectivity index (χ3n) is 2.85. The van der Waals surface area contributed by atoms with Crippen LogP contribution in [0.15, 0.2) is 30.3 Å². The molecule has 0 amide bonds. The molecule has 0 radical (unpaired) electrons. The number of rotatable bonds is 8. The summed E-state index contributed by atoms with van der Waals surface area (Å²) >= 11 is 11.9. The Hall–Kier alpha value is -0.930. The van der Waals surface area contributed by atoms with Crippen molar-refractivity contribution in [3.63, 3.8) is 0 Å². The fourth-order valence-electron chi connectivity index (χ4n) is 1.97. The molecule has 0 aliphatic heterocycles. The monoisotopic (exact) mass is 332 g/mol. The van der Waals surface area contributed by atoms with E-state index in [2.05, 4.69) is 13.8 Å². The Kier molecular flexibility index (Phi) is 7.33. The molecule has 0 heterocycles. The van der Waals surface area contributed by atoms with Gasteiger partial charge in [0, 0.05) is 0 Å². The second kappa shape index (κ2) is 8.50. The number of para-hydroxylation sites is 1. The summed E-state index contributed by atoms with van der Waals surface area (Å²) < 4.78 is 8.68. The van der Waals surface area contributed by atoms with Gasteiger partial charge in [0.05, 0.1) is 0 Å². The molecular formula is C16H22Cl2O3. The lowest BCUT2D eigenvalue weighted by atomic mass is 10.0. The maximum absolute atomic E-state index is 12.1. The molecule has 0 saturated heterocycles. The van der Waals surface area contributed by atoms with Gasteiger partial charge in [-0.3, -0.25) is 0 Å². The van der Waals surface area contributed by atoms with Gasteiger partial charge in [0.2, 0.25) is 0 Å². The lowest BCUT2D eigenvalue weighted by Crippen LogP contribution is -2.37. The minimum absolute atomic E-state index is 0.196. The summed E-state index contributed by atoms with van der Waals surface area (Å²) in [6.07, 6.45) is 2.27. The highest BCUT2D eigenvalue weighted by Crippen LogP contribution is 2.29. The molecule has 118 valence electrons. The van der Waals surface area contributed by atoms with E-state index in [4.69, 9.17) is 32.7 Å². The first-order valence-electron chi connectivity index (χ1n) is 7.18. The summed E-state index contributed by atoms with van der Waals surface area (Å²) in [5.41, 5.74) is 0. The number of hydrogen-bond donors (Lipinski definition) is 0. The van der Waals surface area contributed by atoms with Gasteiger partial charge in [0.25, 0.3) is 0 Å². The smallest absolute Gasteiger partial charge is 0.384 e. The van der Waals surface area contributed by atoms with E-state index in [-0.39, 0.29) is 6.10 Å². The van der Waals surface area contributed by atoms with Crippen LogP contribution in [0.1, 0.15) is 40.0 Å². The first-order chi connectivity index (χ1) is 9.85. The number of alkyl halides is 2. The molecule has 1 atom stereocenters. The molecule has 1 rings (SSSR count). The Morgan fingerprint density at radius 3 is 2.38 bits per heavy atom. The van der Waals surface area contributed by atoms with Crippen molar-refractivity contribution in [2.24, 2.45) is 5.92 Å². The molecule has 0 aliphatic rings. The number of esters is 1. The Bertz CT molecular complexity index is 432. The molecule has 0 saturated carbocycles. The standard InChI is InChI=1S/C16H22Cl2O3/c1-4-8-14(11-12(2)3)20-15(19)16(17,18)21-13-9-6-5-7-10-13/h5-7,9-10,12,14H,4,8,11H2,1-3H3. The van der Waals surface area contributed by atoms with Crippen LogP contribution in [-0.4, -0.2) is 16.6 Å². The second-order valence-corrected chi connectivity index (χ2v) is 6.64. The van der Waals surface area contributed by atoms with Gasteiger partial charge in [0.1, 0.15) is 11.9 Å². The maximum atomic E-state index is 12.1. The Labute approximate surface area is 136 Å². The minimum atomic E-state index is -2.04. The zero-order valence-electron chi connectivity index (χ0n) is 12.6. The topological polar surface area (TPSA) is 35.5 Å². The van der Waals surface area contributed by atoms with Crippen molar-refractivity contribution >= 4 is 29.2 Å². The van der Waals surface area contributed by atoms with Crippen molar-refractivity contribution in [3.8, 4) is 5.75 Å². The molecule has 1 unspecified atom stereocenters. The van der Waals surface area contributed by atoms with Gasteiger partial charge < -0.3 is 9.47 Å². The summed E-state index contributed by atoms with van der Waals surface area (Å²) in [6.45, 7) is 6.19. The second-order valence-electron chi connectivity index (χ2n) is 5.38. The molecule has 3 nitrogen and oxygen atoms in total. The van der Waals surface area contributed by atoms with Crippen LogP contribution in [0.3, 0.4) is 0 Å². The molecule has 5 heteroatoms. The third-order valence-corrected chi connectivity index (χ3v) is 3.31. The highest BCUT2D eigenvalue weighted by molar-refractivity contribution is 6.56. The molecule has 0 bridgehead atoms. The molecule has 1 aromatic carbocycles. The van der Waals surface area contributed by atoms with Gasteiger partial charge in [0.15, 0.2) is 0 Å². The van der Waals surface area contributed by atoms with Gasteiger partial charge in [-0.05, 0) is 54.1 Å². The van der Waals surface area contributed by atoms with Gasteiger partial charge >= 0.3 is 10.5 Å². The first-order valence-corrected chi connectivity index (χ1v) is 7.93. The van der Waals surface area contributed by atoms with E-state index >= 15 is 0 Å². The number of benzene rings is 1. The van der Waals surface area contributed by atoms with E-state index in [0.29, 0.717) is 11.7 Å². The largest absolute Gasteiger partial charge is 0.457 e. The van der Waals surface area contributed by atoms with E-state index in [1.54, 1.807) is 24.3 Å². The lowest BCUT2D eigenvalue weighted by Gasteiger charge is -2.24. The fourth-order valence-corrected chi connectivity index (χ4v) is 2.24. The fraction of sp³-hybridized carbons (Fsp3) is 0.562. The predicted octanol–water partition coefficient (Wildman–Crippen LogP) is 4.95. The van der Waals surface area contributed by atoms with Crippen LogP contribution >= 0.6 is 23.2 Å². The van der Waals surface area contributed by atoms with E-state index in [1.807, 2.05) is 13.0 Å². The molecule has 21 heavy (non-hydrogen) atoms. The number of carbonyl (C=O) groups excluding carboxylic acids is 1. The maximum Gasteiger partial charge on any atom is 0.384 e. The van der Waals surface area contributed by atoms with Gasteiger partial charge in [-0.2, -0.15) is 0 Å². The van der Waals surface area contributed by atoms with Crippen molar-refractivity contribution in [2.45, 2.75) is 50.7 Å². The van der Waals surface area contributed by atoms with E-state index < -0.39 is 10.5 Å². The Morgan fingerprint density at radius 1 is 1.24 bits per heavy atom. The average molecular weight is 333 g/mol. The van der Waals surface area contributed by atoms with Crippen LogP contribution in [-0.2, 0) is 9.53 Å². The third kappa shape index (κ3) is 6.58. The summed E-state index contributed by atoms with van der Waals surface area (Å²) in [4.78, 5) is 12.1. The van der Waals surface area contributed by atoms with E-state index in [1.165, 1.54) is 0 Å². The molecule has 0 fully saturated rings. The van der Waals surface area contributed by atoms with Crippen LogP contribution < -0.4 is 4.74 Å². The van der Waals surface area contributed by atoms with E-state index in [9.17, 15) is 4.79 Å². The predicted molar refractivity (Wildman–Crippen MR) is 85.8 cm³/mol. The highest BCUT2D eigenvalue weighted by Gasteiger charge is 2.40. The number of halogens is 2. The zero-order chi connectivity index (χ0) is 15.9. The van der Waals surface area contributed by atoms with Gasteiger partial charge in [-0.15, -0.1) is 0 Å². The number of hydrogen-bond acceptors (Lipinski definition) is 3. The Balaban J connectivity index is 2.66. The van der Waals surface area contributed by atoms with Crippen molar-refractivity contribution in [1.82, 2.24) is 0 Å². The van der Waals surface area contributed by atoms with Crippen LogP contribution in [0.2, 0.25) is 0 Å². The number of carbonyl (C=O) groups is 1. The van der Waals surface area contributed by atoms with Gasteiger partial charge in [-0.1, -0.05) is 45.4 Å².